The number of rotatable bonds is 5. The van der Waals surface area contributed by atoms with E-state index in [9.17, 15) is 4.79 Å². The fourth-order valence-corrected chi connectivity index (χ4v) is 3.61. The van der Waals surface area contributed by atoms with Crippen LogP contribution in [-0.2, 0) is 4.79 Å². The molecule has 2 aromatic rings. The van der Waals surface area contributed by atoms with Crippen molar-refractivity contribution in [3.8, 4) is 0 Å². The summed E-state index contributed by atoms with van der Waals surface area (Å²) >= 11 is 1.44. The second kappa shape index (κ2) is 8.34. The van der Waals surface area contributed by atoms with Crippen LogP contribution in [0.25, 0.3) is 0 Å². The van der Waals surface area contributed by atoms with Gasteiger partial charge in [-0.25, -0.2) is 9.97 Å². The lowest BCUT2D eigenvalue weighted by atomic mass is 10.0. The Kier molecular flexibility index (Phi) is 5.91. The second-order valence-corrected chi connectivity index (χ2v) is 7.61. The van der Waals surface area contributed by atoms with Crippen LogP contribution < -0.4 is 10.2 Å². The van der Waals surface area contributed by atoms with Gasteiger partial charge in [0.2, 0.25) is 5.91 Å². The summed E-state index contributed by atoms with van der Waals surface area (Å²) in [6.45, 7) is 6.38. The Morgan fingerprint density at radius 1 is 1.32 bits per heavy atom. The van der Waals surface area contributed by atoms with Crippen LogP contribution in [0.15, 0.2) is 41.7 Å². The summed E-state index contributed by atoms with van der Waals surface area (Å²) in [5.41, 5.74) is 2.00. The number of piperidine rings is 1. The molecule has 1 aliphatic rings. The van der Waals surface area contributed by atoms with Crippen LogP contribution in [0, 0.1) is 12.8 Å². The van der Waals surface area contributed by atoms with Gasteiger partial charge in [-0.2, -0.15) is 0 Å². The number of aromatic nitrogens is 2. The highest BCUT2D eigenvalue weighted by molar-refractivity contribution is 7.99. The number of carbonyl (C=O) groups is 1. The Hall–Kier alpha value is -2.08. The molecule has 5 nitrogen and oxygen atoms in total. The van der Waals surface area contributed by atoms with Gasteiger partial charge in [0.25, 0.3) is 0 Å². The summed E-state index contributed by atoms with van der Waals surface area (Å²) in [6, 6.07) is 9.79. The molecule has 0 bridgehead atoms. The van der Waals surface area contributed by atoms with E-state index < -0.39 is 0 Å². The first-order chi connectivity index (χ1) is 12.1. The first-order valence-electron chi connectivity index (χ1n) is 8.66. The molecule has 132 valence electrons. The quantitative estimate of drug-likeness (QED) is 0.653. The second-order valence-electron chi connectivity index (χ2n) is 6.61. The number of aryl methyl sites for hydroxylation is 1. The summed E-state index contributed by atoms with van der Waals surface area (Å²) in [5.74, 6) is 1.96. The first kappa shape index (κ1) is 17.7. The lowest BCUT2D eigenvalue weighted by molar-refractivity contribution is -0.113. The number of nitrogens with one attached hydrogen (secondary N) is 1. The van der Waals surface area contributed by atoms with Crippen molar-refractivity contribution < 1.29 is 4.79 Å². The van der Waals surface area contributed by atoms with Crippen molar-refractivity contribution in [3.05, 3.63) is 42.2 Å². The maximum atomic E-state index is 12.1. The molecule has 25 heavy (non-hydrogen) atoms. The van der Waals surface area contributed by atoms with Crippen molar-refractivity contribution in [2.45, 2.75) is 31.7 Å². The summed E-state index contributed by atoms with van der Waals surface area (Å²) in [7, 11) is 0. The minimum absolute atomic E-state index is 0.0272. The zero-order chi connectivity index (χ0) is 17.6. The van der Waals surface area contributed by atoms with Gasteiger partial charge in [-0.3, -0.25) is 4.79 Å². The van der Waals surface area contributed by atoms with Gasteiger partial charge in [0.15, 0.2) is 0 Å². The average molecular weight is 356 g/mol. The Morgan fingerprint density at radius 3 is 2.88 bits per heavy atom. The van der Waals surface area contributed by atoms with Crippen LogP contribution >= 0.6 is 11.8 Å². The van der Waals surface area contributed by atoms with E-state index in [4.69, 9.17) is 0 Å². The number of thioether (sulfide) groups is 1. The van der Waals surface area contributed by atoms with Crippen molar-refractivity contribution in [2.75, 3.05) is 29.1 Å². The first-order valence-corrected chi connectivity index (χ1v) is 9.65. The van der Waals surface area contributed by atoms with Crippen LogP contribution in [0.2, 0.25) is 0 Å². The molecule has 3 rings (SSSR count). The van der Waals surface area contributed by atoms with E-state index >= 15 is 0 Å². The highest BCUT2D eigenvalue weighted by Gasteiger charge is 2.18. The highest BCUT2D eigenvalue weighted by atomic mass is 32.2. The minimum Gasteiger partial charge on any atom is -0.356 e. The minimum atomic E-state index is -0.0272. The van der Waals surface area contributed by atoms with E-state index in [0.717, 1.165) is 29.6 Å². The topological polar surface area (TPSA) is 58.1 Å². The van der Waals surface area contributed by atoms with Gasteiger partial charge in [0.1, 0.15) is 17.2 Å². The van der Waals surface area contributed by atoms with E-state index in [1.54, 1.807) is 6.33 Å². The van der Waals surface area contributed by atoms with Gasteiger partial charge < -0.3 is 10.2 Å². The maximum Gasteiger partial charge on any atom is 0.234 e. The lowest BCUT2D eigenvalue weighted by Gasteiger charge is -2.31. The van der Waals surface area contributed by atoms with Crippen LogP contribution in [0.3, 0.4) is 0 Å². The van der Waals surface area contributed by atoms with Gasteiger partial charge in [-0.1, -0.05) is 36.4 Å². The van der Waals surface area contributed by atoms with E-state index in [1.165, 1.54) is 30.2 Å². The van der Waals surface area contributed by atoms with Gasteiger partial charge in [0, 0.05) is 24.8 Å². The Labute approximate surface area is 153 Å². The van der Waals surface area contributed by atoms with Crippen LogP contribution in [0.5, 0.6) is 0 Å². The molecule has 0 spiro atoms. The molecule has 1 amide bonds. The van der Waals surface area contributed by atoms with Crippen molar-refractivity contribution in [2.24, 2.45) is 5.92 Å². The average Bonchev–Trinajstić information content (AvgIpc) is 2.62. The molecule has 0 aliphatic carbocycles. The summed E-state index contributed by atoms with van der Waals surface area (Å²) < 4.78 is 0. The lowest BCUT2D eigenvalue weighted by Crippen LogP contribution is -2.34. The van der Waals surface area contributed by atoms with Gasteiger partial charge >= 0.3 is 0 Å². The smallest absolute Gasteiger partial charge is 0.234 e. The largest absolute Gasteiger partial charge is 0.356 e. The summed E-state index contributed by atoms with van der Waals surface area (Å²) in [5, 5.41) is 3.75. The van der Waals surface area contributed by atoms with Gasteiger partial charge in [-0.05, 0) is 37.8 Å². The molecule has 1 N–H and O–H groups in total. The standard InChI is InChI=1S/C19H24N4OS/c1-14-5-7-16(8-6-14)22-18(24)12-25-19-10-17(20-13-21-19)23-9-3-4-15(2)11-23/h5-8,10,13,15H,3-4,9,11-12H2,1-2H3,(H,22,24)/t15-/m1/s1. The normalized spacial score (nSPS) is 17.4. The molecule has 1 aromatic heterocycles. The number of anilines is 2. The van der Waals surface area contributed by atoms with E-state index in [0.29, 0.717) is 11.7 Å². The zero-order valence-corrected chi connectivity index (χ0v) is 15.6. The molecule has 0 saturated carbocycles. The fraction of sp³-hybridized carbons (Fsp3) is 0.421. The molecule has 6 heteroatoms. The number of nitrogens with zero attached hydrogens (tertiary/aromatic N) is 3. The monoisotopic (exact) mass is 356 g/mol. The van der Waals surface area contributed by atoms with Crippen molar-refractivity contribution >= 4 is 29.2 Å². The molecule has 1 atom stereocenters. The number of hydrogen-bond acceptors (Lipinski definition) is 5. The Bertz CT molecular complexity index is 720. The predicted molar refractivity (Wildman–Crippen MR) is 103 cm³/mol. The van der Waals surface area contributed by atoms with Crippen molar-refractivity contribution in [1.29, 1.82) is 0 Å². The Balaban J connectivity index is 1.55. The molecule has 1 aromatic carbocycles. The van der Waals surface area contributed by atoms with Crippen LogP contribution in [0.1, 0.15) is 25.3 Å². The number of benzene rings is 1. The van der Waals surface area contributed by atoms with Crippen molar-refractivity contribution in [1.82, 2.24) is 9.97 Å². The fourth-order valence-electron chi connectivity index (χ4n) is 2.95. The third-order valence-corrected chi connectivity index (χ3v) is 5.22. The Morgan fingerprint density at radius 2 is 2.12 bits per heavy atom. The molecule has 1 saturated heterocycles. The third kappa shape index (κ3) is 5.19. The van der Waals surface area contributed by atoms with Gasteiger partial charge in [-0.15, -0.1) is 0 Å². The maximum absolute atomic E-state index is 12.1. The molecular weight excluding hydrogens is 332 g/mol. The molecule has 1 fully saturated rings. The third-order valence-electron chi connectivity index (χ3n) is 4.30. The van der Waals surface area contributed by atoms with E-state index in [-0.39, 0.29) is 5.91 Å². The predicted octanol–water partition coefficient (Wildman–Crippen LogP) is 3.75. The highest BCUT2D eigenvalue weighted by Crippen LogP contribution is 2.24. The number of amides is 1. The van der Waals surface area contributed by atoms with Crippen LogP contribution in [-0.4, -0.2) is 34.7 Å². The molecule has 1 aliphatic heterocycles. The molecular formula is C19H24N4OS. The van der Waals surface area contributed by atoms with Gasteiger partial charge in [0.05, 0.1) is 5.75 Å². The van der Waals surface area contributed by atoms with Crippen LogP contribution in [0.4, 0.5) is 11.5 Å². The summed E-state index contributed by atoms with van der Waals surface area (Å²) in [6.07, 6.45) is 4.07. The summed E-state index contributed by atoms with van der Waals surface area (Å²) in [4.78, 5) is 23.1. The van der Waals surface area contributed by atoms with Crippen molar-refractivity contribution in [3.63, 3.8) is 0 Å². The molecule has 0 unspecified atom stereocenters. The zero-order valence-electron chi connectivity index (χ0n) is 14.7. The van der Waals surface area contributed by atoms with E-state index in [1.807, 2.05) is 37.3 Å². The molecule has 0 radical (unpaired) electrons. The number of carbonyl (C=O) groups excluding carboxylic acids is 1. The SMILES string of the molecule is Cc1ccc(NC(=O)CSc2cc(N3CCC[C@@H](C)C3)ncn2)cc1. The molecule has 2 heterocycles. The van der Waals surface area contributed by atoms with E-state index in [2.05, 4.69) is 27.1 Å². The number of hydrogen-bond donors (Lipinski definition) is 1.